The average molecular weight is 447 g/mol. The molecule has 0 aromatic heterocycles. The number of carbonyl (C=O) groups is 1. The Morgan fingerprint density at radius 2 is 1.78 bits per heavy atom. The molecule has 27 heavy (non-hydrogen) atoms. The number of amides is 1. The van der Waals surface area contributed by atoms with Crippen LogP contribution in [0.4, 0.5) is 11.4 Å². The number of phenols is 1. The summed E-state index contributed by atoms with van der Waals surface area (Å²) in [6.45, 7) is 0. The van der Waals surface area contributed by atoms with Crippen molar-refractivity contribution in [3.63, 3.8) is 0 Å². The average Bonchev–Trinajstić information content (AvgIpc) is 2.58. The van der Waals surface area contributed by atoms with E-state index in [9.17, 15) is 20.0 Å². The number of halogens is 3. The Hall–Kier alpha value is -2.39. The Balaban J connectivity index is 2.01. The molecule has 0 aliphatic carbocycles. The molecule has 0 fully saturated rings. The van der Waals surface area contributed by atoms with Crippen molar-refractivity contribution in [1.29, 1.82) is 0 Å². The summed E-state index contributed by atoms with van der Waals surface area (Å²) < 4.78 is 0. The minimum absolute atomic E-state index is 0.00167. The second kappa shape index (κ2) is 9.01. The molecule has 2 aromatic carbocycles. The third-order valence-corrected chi connectivity index (χ3v) is 4.21. The topological polar surface area (TPSA) is 104 Å². The van der Waals surface area contributed by atoms with Crippen LogP contribution in [0.15, 0.2) is 36.4 Å². The Morgan fingerprint density at radius 3 is 2.37 bits per heavy atom. The molecule has 0 atom stereocenters. The van der Waals surface area contributed by atoms with Crippen LogP contribution in [0.2, 0.25) is 15.1 Å². The minimum atomic E-state index is -0.618. The van der Waals surface area contributed by atoms with Gasteiger partial charge in [-0.15, -0.1) is 0 Å². The van der Waals surface area contributed by atoms with E-state index in [0.717, 1.165) is 6.08 Å². The highest BCUT2D eigenvalue weighted by atomic mass is 35.5. The van der Waals surface area contributed by atoms with Crippen molar-refractivity contribution in [2.45, 2.75) is 0 Å². The van der Waals surface area contributed by atoms with Crippen LogP contribution >= 0.6 is 47.0 Å². The zero-order valence-electron chi connectivity index (χ0n) is 13.2. The van der Waals surface area contributed by atoms with E-state index in [1.54, 1.807) is 0 Å². The number of rotatable bonds is 4. The molecule has 140 valence electrons. The van der Waals surface area contributed by atoms with Gasteiger partial charge in [0.05, 0.1) is 15.0 Å². The van der Waals surface area contributed by atoms with E-state index in [1.165, 1.54) is 36.4 Å². The molecule has 2 rings (SSSR count). The van der Waals surface area contributed by atoms with Gasteiger partial charge in [0.25, 0.3) is 5.69 Å². The standard InChI is InChI=1S/C16H10Cl3N3O4S/c17-10-3-1-8(5-13(10)22(25)26)2-4-14(23)21-16(27)20-9-6-11(18)15(24)12(19)7-9/h1-7,24H,(H2,20,21,23,27)/b4-2+. The lowest BCUT2D eigenvalue weighted by atomic mass is 10.2. The first kappa shape index (κ1) is 20.9. The highest BCUT2D eigenvalue weighted by Gasteiger charge is 2.12. The first-order chi connectivity index (χ1) is 12.7. The summed E-state index contributed by atoms with van der Waals surface area (Å²) in [5.41, 5.74) is 0.514. The van der Waals surface area contributed by atoms with E-state index < -0.39 is 10.8 Å². The van der Waals surface area contributed by atoms with Crippen molar-refractivity contribution in [3.8, 4) is 5.75 Å². The molecule has 0 spiro atoms. The van der Waals surface area contributed by atoms with Gasteiger partial charge in [-0.1, -0.05) is 40.9 Å². The number of nitrogens with one attached hydrogen (secondary N) is 2. The summed E-state index contributed by atoms with van der Waals surface area (Å²) in [7, 11) is 0. The summed E-state index contributed by atoms with van der Waals surface area (Å²) in [4.78, 5) is 22.2. The molecule has 3 N–H and O–H groups in total. The Bertz CT molecular complexity index is 943. The Morgan fingerprint density at radius 1 is 1.15 bits per heavy atom. The van der Waals surface area contributed by atoms with Crippen molar-refractivity contribution < 1.29 is 14.8 Å². The summed E-state index contributed by atoms with van der Waals surface area (Å²) in [5.74, 6) is -0.833. The highest BCUT2D eigenvalue weighted by Crippen LogP contribution is 2.34. The number of benzene rings is 2. The van der Waals surface area contributed by atoms with Gasteiger partial charge in [0.1, 0.15) is 5.02 Å². The van der Waals surface area contributed by atoms with Gasteiger partial charge in [-0.2, -0.15) is 0 Å². The fourth-order valence-electron chi connectivity index (χ4n) is 1.90. The van der Waals surface area contributed by atoms with Gasteiger partial charge in [-0.3, -0.25) is 20.2 Å². The van der Waals surface area contributed by atoms with Crippen LogP contribution < -0.4 is 10.6 Å². The molecule has 7 nitrogen and oxygen atoms in total. The lowest BCUT2D eigenvalue weighted by molar-refractivity contribution is -0.384. The third kappa shape index (κ3) is 5.80. The SMILES string of the molecule is O=C(/C=C/c1ccc(Cl)c([N+](=O)[O-])c1)NC(=S)Nc1cc(Cl)c(O)c(Cl)c1. The molecule has 0 aliphatic heterocycles. The van der Waals surface area contributed by atoms with E-state index in [2.05, 4.69) is 10.6 Å². The highest BCUT2D eigenvalue weighted by molar-refractivity contribution is 7.80. The zero-order valence-corrected chi connectivity index (χ0v) is 16.3. The van der Waals surface area contributed by atoms with Crippen LogP contribution in [0.3, 0.4) is 0 Å². The summed E-state index contributed by atoms with van der Waals surface area (Å²) in [5, 5.41) is 25.4. The number of carbonyl (C=O) groups excluding carboxylic acids is 1. The fraction of sp³-hybridized carbons (Fsp3) is 0. The van der Waals surface area contributed by atoms with Gasteiger partial charge in [-0.05, 0) is 42.1 Å². The number of nitro benzene ring substituents is 1. The van der Waals surface area contributed by atoms with Gasteiger partial charge in [0.15, 0.2) is 10.9 Å². The summed E-state index contributed by atoms with van der Waals surface area (Å²) in [6, 6.07) is 6.88. The molecular weight excluding hydrogens is 437 g/mol. The fourth-order valence-corrected chi connectivity index (χ4v) is 2.79. The van der Waals surface area contributed by atoms with Gasteiger partial charge in [0.2, 0.25) is 5.91 Å². The number of thiocarbonyl (C=S) groups is 1. The van der Waals surface area contributed by atoms with E-state index in [1.807, 2.05) is 0 Å². The van der Waals surface area contributed by atoms with Crippen LogP contribution in [0.25, 0.3) is 6.08 Å². The first-order valence-electron chi connectivity index (χ1n) is 7.09. The number of phenolic OH excluding ortho intramolecular Hbond substituents is 1. The number of aromatic hydroxyl groups is 1. The molecule has 0 saturated carbocycles. The molecule has 2 aromatic rings. The summed E-state index contributed by atoms with van der Waals surface area (Å²) >= 11 is 22.3. The van der Waals surface area contributed by atoms with Crippen molar-refractivity contribution in [2.24, 2.45) is 0 Å². The molecule has 0 saturated heterocycles. The van der Waals surface area contributed by atoms with Crippen LogP contribution in [-0.4, -0.2) is 21.0 Å². The number of nitro groups is 1. The Kier molecular flexibility index (Phi) is 6.98. The maximum atomic E-state index is 11.9. The molecule has 0 heterocycles. The zero-order chi connectivity index (χ0) is 20.1. The van der Waals surface area contributed by atoms with Crippen LogP contribution in [0.5, 0.6) is 5.75 Å². The number of hydrogen-bond acceptors (Lipinski definition) is 5. The van der Waals surface area contributed by atoms with Crippen LogP contribution in [-0.2, 0) is 4.79 Å². The van der Waals surface area contributed by atoms with E-state index in [-0.39, 0.29) is 31.6 Å². The van der Waals surface area contributed by atoms with E-state index in [0.29, 0.717) is 11.3 Å². The number of nitrogens with zero attached hydrogens (tertiary/aromatic N) is 1. The monoisotopic (exact) mass is 445 g/mol. The minimum Gasteiger partial charge on any atom is -0.505 e. The first-order valence-corrected chi connectivity index (χ1v) is 8.63. The summed E-state index contributed by atoms with van der Waals surface area (Å²) in [6.07, 6.45) is 2.52. The van der Waals surface area contributed by atoms with Gasteiger partial charge in [0, 0.05) is 17.8 Å². The van der Waals surface area contributed by atoms with Crippen LogP contribution in [0.1, 0.15) is 5.56 Å². The largest absolute Gasteiger partial charge is 0.505 e. The third-order valence-electron chi connectivity index (χ3n) is 3.11. The lowest BCUT2D eigenvalue weighted by Gasteiger charge is -2.10. The quantitative estimate of drug-likeness (QED) is 0.205. The van der Waals surface area contributed by atoms with Crippen molar-refractivity contribution in [2.75, 3.05) is 5.32 Å². The maximum Gasteiger partial charge on any atom is 0.288 e. The maximum absolute atomic E-state index is 11.9. The predicted octanol–water partition coefficient (Wildman–Crippen LogP) is 4.79. The van der Waals surface area contributed by atoms with Crippen LogP contribution in [0, 0.1) is 10.1 Å². The van der Waals surface area contributed by atoms with Gasteiger partial charge < -0.3 is 10.4 Å². The number of hydrogen-bond donors (Lipinski definition) is 3. The smallest absolute Gasteiger partial charge is 0.288 e. The molecule has 11 heteroatoms. The molecular formula is C16H10Cl3N3O4S. The second-order valence-corrected chi connectivity index (χ2v) is 6.66. The molecule has 0 radical (unpaired) electrons. The van der Waals surface area contributed by atoms with E-state index >= 15 is 0 Å². The van der Waals surface area contributed by atoms with Gasteiger partial charge >= 0.3 is 0 Å². The number of anilines is 1. The van der Waals surface area contributed by atoms with Crippen molar-refractivity contribution in [1.82, 2.24) is 5.32 Å². The van der Waals surface area contributed by atoms with E-state index in [4.69, 9.17) is 47.0 Å². The lowest BCUT2D eigenvalue weighted by Crippen LogP contribution is -2.32. The molecule has 0 aliphatic rings. The predicted molar refractivity (Wildman–Crippen MR) is 110 cm³/mol. The molecule has 0 unspecified atom stereocenters. The van der Waals surface area contributed by atoms with Gasteiger partial charge in [-0.25, -0.2) is 0 Å². The molecule has 1 amide bonds. The van der Waals surface area contributed by atoms with Crippen molar-refractivity contribution in [3.05, 3.63) is 67.2 Å². The normalized spacial score (nSPS) is 10.6. The van der Waals surface area contributed by atoms with Crippen molar-refractivity contribution >= 4 is 75.5 Å². The Labute approximate surface area is 173 Å². The molecule has 0 bridgehead atoms. The second-order valence-electron chi connectivity index (χ2n) is 5.03.